The van der Waals surface area contributed by atoms with Gasteiger partial charge in [0.2, 0.25) is 53.2 Å². The second kappa shape index (κ2) is 55.6. The Hall–Kier alpha value is -9.63. The number of hydrogen-bond acceptors (Lipinski definition) is 34. The Kier molecular flexibility index (Phi) is 47.5. The fraction of sp³-hybridized carbons (Fsp3) is 0.682. The molecule has 27 atom stereocenters. The van der Waals surface area contributed by atoms with Crippen LogP contribution in [0.25, 0.3) is 0 Å². The lowest BCUT2D eigenvalue weighted by Crippen LogP contribution is -2.67. The average molecular weight is 1850 g/mol. The lowest BCUT2D eigenvalue weighted by molar-refractivity contribution is -0.339. The van der Waals surface area contributed by atoms with E-state index in [0.29, 0.717) is 17.7 Å². The first-order valence-corrected chi connectivity index (χ1v) is 43.5. The van der Waals surface area contributed by atoms with Crippen molar-refractivity contribution in [3.05, 3.63) is 71.4 Å². The van der Waals surface area contributed by atoms with E-state index in [1.54, 1.807) is 0 Å². The number of benzene rings is 2. The molecule has 4 aliphatic heterocycles. The van der Waals surface area contributed by atoms with Crippen molar-refractivity contribution in [1.82, 2.24) is 52.8 Å². The van der Waals surface area contributed by atoms with E-state index in [1.165, 1.54) is 75.2 Å². The first-order chi connectivity index (χ1) is 61.6. The number of nitrogens with one attached hydrogen (secondary N) is 9. The number of nitrogens with two attached hydrogens (primary N) is 1. The highest BCUT2D eigenvalue weighted by molar-refractivity contribution is 6.02. The number of amides is 11. The molecule has 0 aliphatic carbocycles. The number of ether oxygens (including phenoxy) is 7. The van der Waals surface area contributed by atoms with Crippen molar-refractivity contribution in [1.29, 1.82) is 0 Å². The van der Waals surface area contributed by atoms with Crippen LogP contribution in [0, 0.1) is 0 Å². The molecule has 2 aromatic rings. The summed E-state index contributed by atoms with van der Waals surface area (Å²) >= 11 is 0. The van der Waals surface area contributed by atoms with Gasteiger partial charge in [0.1, 0.15) is 139 Å². The van der Waals surface area contributed by atoms with E-state index in [-0.39, 0.29) is 35.5 Å². The van der Waals surface area contributed by atoms with Gasteiger partial charge in [0, 0.05) is 33.2 Å². The Morgan fingerprint density at radius 3 is 1.68 bits per heavy atom. The number of unbranched alkanes of at least 4 members (excludes halogenated alkanes) is 12. The molecule has 0 bridgehead atoms. The second-order valence-corrected chi connectivity index (χ2v) is 32.6. The lowest BCUT2D eigenvalue weighted by Gasteiger charge is -2.46. The Bertz CT molecular complexity index is 3980. The van der Waals surface area contributed by atoms with Crippen LogP contribution < -0.4 is 53.6 Å². The van der Waals surface area contributed by atoms with Gasteiger partial charge in [-0.25, -0.2) is 4.79 Å². The molecule has 0 spiro atoms. The van der Waals surface area contributed by atoms with E-state index in [0.717, 1.165) is 105 Å². The van der Waals surface area contributed by atoms with Crippen LogP contribution >= 0.6 is 0 Å². The third-order valence-electron chi connectivity index (χ3n) is 22.2. The fourth-order valence-electron chi connectivity index (χ4n) is 14.7. The minimum atomic E-state index is -2.41. The first-order valence-electron chi connectivity index (χ1n) is 43.5. The smallest absolute Gasteiger partial charge is 0.329 e. The minimum absolute atomic E-state index is 0.134. The molecule has 130 heavy (non-hydrogen) atoms. The highest BCUT2D eigenvalue weighted by atomic mass is 16.7. The van der Waals surface area contributed by atoms with Gasteiger partial charge in [0.25, 0.3) is 11.8 Å². The Morgan fingerprint density at radius 2 is 1.15 bits per heavy atom. The van der Waals surface area contributed by atoms with Crippen LogP contribution in [0.15, 0.2) is 60.3 Å². The summed E-state index contributed by atoms with van der Waals surface area (Å²) in [6, 6.07) is -6.19. The topological polar surface area (TPSA) is 707 Å². The van der Waals surface area contributed by atoms with Crippen molar-refractivity contribution in [2.75, 3.05) is 33.4 Å². The van der Waals surface area contributed by atoms with Crippen molar-refractivity contribution >= 4 is 77.2 Å². The van der Waals surface area contributed by atoms with E-state index in [2.05, 4.69) is 54.8 Å². The number of aliphatic hydroxyl groups excluding tert-OH is 12. The summed E-state index contributed by atoms with van der Waals surface area (Å²) < 4.78 is 41.1. The van der Waals surface area contributed by atoms with Crippen molar-refractivity contribution < 1.29 is 167 Å². The standard InChI is InChI=1S/C83H129N11O33.C2H4O/c1-9-11-12-13-14-15-16-17-18-19-20-21-22-23-54(124-82-70(111)71(53(102)39-121-82)127-81-62(86-44(7)99)67(108)64(105)55(37-95)125-81)66(107)79(119)92-60(41(4)98)76(116)93-61-42(5)122-80(120)52(35-46-26-30-48(101)31-27-46)90-78(118)63(43(6)123-83-69(110)68(109)65(106)56(38-96)126-83)94(8)58(104)36-85-72(112)50(32-33-57(84)103)88-73(113)49(10-2)87-74(114)51(34-45-24-28-47(100)29-25-45)89-75(115)59(40(3)97)91-77(61)117;1-2-3/h10,24-31,40-43,50-56,59-71,81-83,95-98,100-102,105-111H,9,11-23,32-39H2,1-8H3,(H2,84,103)(H,85,112)(H,86,99)(H,87,114)(H,88,113)(H,89,115)(H,90,118)(H,91,117)(H,92,119)(H,93,116);2H,1H3/b49-10-;/t40-,41?,42+,43?,50+,51+,52-,53+,54?,55-,56-,59-,60?,61?,62-,63?,64-,65-,66?,67-,68+,69+,70-,71+,81+,82-,83+;/m0./s1. The predicted molar refractivity (Wildman–Crippen MR) is 453 cm³/mol. The zero-order valence-electron chi connectivity index (χ0n) is 74.4. The van der Waals surface area contributed by atoms with Gasteiger partial charge in [-0.1, -0.05) is 121 Å². The van der Waals surface area contributed by atoms with Gasteiger partial charge in [-0.15, -0.1) is 0 Å². The number of primary amides is 1. The quantitative estimate of drug-likeness (QED) is 0.0129. The van der Waals surface area contributed by atoms with E-state index >= 15 is 19.2 Å². The molecule has 11 amide bonds. The minimum Gasteiger partial charge on any atom is -0.508 e. The zero-order chi connectivity index (χ0) is 96.9. The van der Waals surface area contributed by atoms with Crippen LogP contribution in [0.1, 0.15) is 169 Å². The zero-order valence-corrected chi connectivity index (χ0v) is 74.4. The average Bonchev–Trinajstić information content (AvgIpc) is 0.797. The molecule has 4 fully saturated rings. The van der Waals surface area contributed by atoms with Crippen LogP contribution in [0.4, 0.5) is 0 Å². The van der Waals surface area contributed by atoms with Gasteiger partial charge in [-0.05, 0) is 89.8 Å². The van der Waals surface area contributed by atoms with Crippen LogP contribution in [0.5, 0.6) is 11.5 Å². The van der Waals surface area contributed by atoms with Gasteiger partial charge in [0.05, 0.1) is 50.8 Å². The molecule has 2 aromatic carbocycles. The maximum absolute atomic E-state index is 15.4. The number of aldehydes is 1. The molecule has 732 valence electrons. The number of rotatable bonds is 38. The summed E-state index contributed by atoms with van der Waals surface area (Å²) in [5, 5.41) is 174. The monoisotopic (exact) mass is 1850 g/mol. The predicted octanol–water partition coefficient (Wildman–Crippen LogP) is -6.23. The summed E-state index contributed by atoms with van der Waals surface area (Å²) in [4.78, 5) is 183. The lowest BCUT2D eigenvalue weighted by atomic mass is 9.96. The number of cyclic esters (lactones) is 1. The number of aliphatic hydroxyl groups is 12. The molecule has 45 heteroatoms. The summed E-state index contributed by atoms with van der Waals surface area (Å²) in [7, 11) is 0.994. The van der Waals surface area contributed by atoms with E-state index in [9.17, 15) is 110 Å². The van der Waals surface area contributed by atoms with Crippen LogP contribution in [-0.2, 0) is 108 Å². The molecule has 7 unspecified atom stereocenters. The van der Waals surface area contributed by atoms with Gasteiger partial charge in [-0.2, -0.15) is 0 Å². The Balaban J connectivity index is 0.00000983. The summed E-state index contributed by atoms with van der Waals surface area (Å²) in [5.41, 5.74) is 5.20. The summed E-state index contributed by atoms with van der Waals surface area (Å²) in [6.07, 6.45) is -25.0. The maximum atomic E-state index is 15.4. The molecule has 6 rings (SSSR count). The molecule has 4 heterocycles. The number of nitrogens with zero attached hydrogens (tertiary/aromatic N) is 1. The van der Waals surface area contributed by atoms with Crippen molar-refractivity contribution in [2.45, 2.75) is 336 Å². The van der Waals surface area contributed by atoms with Crippen LogP contribution in [0.2, 0.25) is 0 Å². The summed E-state index contributed by atoms with van der Waals surface area (Å²) in [6.45, 7) is 6.40. The third kappa shape index (κ3) is 34.2. The molecule has 0 saturated carbocycles. The van der Waals surface area contributed by atoms with Crippen molar-refractivity contribution in [2.24, 2.45) is 5.73 Å². The molecular weight excluding hydrogens is 1720 g/mol. The highest BCUT2D eigenvalue weighted by Crippen LogP contribution is 2.31. The number of phenolic OH excluding ortho intramolecular Hbond substituents is 2. The van der Waals surface area contributed by atoms with Crippen molar-refractivity contribution in [3.8, 4) is 11.5 Å². The Morgan fingerprint density at radius 1 is 0.623 bits per heavy atom. The normalized spacial score (nSPS) is 29.6. The van der Waals surface area contributed by atoms with Gasteiger partial charge in [0.15, 0.2) is 25.0 Å². The molecular formula is C85H133N11O34. The number of phenols is 2. The SMILES string of the molecule is C/C=C1\NC(=O)[C@@H](Cc2ccc(O)cc2)NC(=O)[C@H]([C@H](C)O)NC(=O)C(NC(=O)C(NC(=O)C(O)C(CCCCCCCCCCCCCCC)O[C@@H]2OC[C@@H](O)[C@@H](O[C@H]3O[C@@H](CO)[C@H](O)[C@@H](O)[C@@H]3NC(C)=O)[C@@H]2O)C(C)O)[C@@H](C)OC(=O)[C@H](Cc2ccc(O)cc2)NC(=O)C(C(C)O[C@@H]2O[C@@H](CO)[C@H](O)[C@@H](O)[C@H]2O)N(C)C(=O)CNC(=O)[C@@H](CCC(N)=O)NC1=O.CC=O. The van der Waals surface area contributed by atoms with Gasteiger partial charge in [-0.3, -0.25) is 52.7 Å². The van der Waals surface area contributed by atoms with Crippen LogP contribution in [-0.4, -0.2) is 352 Å². The van der Waals surface area contributed by atoms with Gasteiger partial charge < -0.3 is 168 Å². The van der Waals surface area contributed by atoms with E-state index < -0.39 is 294 Å². The van der Waals surface area contributed by atoms with Crippen LogP contribution in [0.3, 0.4) is 0 Å². The molecule has 45 nitrogen and oxygen atoms in total. The van der Waals surface area contributed by atoms with Crippen molar-refractivity contribution in [3.63, 3.8) is 0 Å². The van der Waals surface area contributed by atoms with E-state index in [1.807, 2.05) is 0 Å². The molecule has 25 N–H and O–H groups in total. The largest absolute Gasteiger partial charge is 0.508 e. The number of hydrogen-bond donors (Lipinski definition) is 24. The molecule has 0 radical (unpaired) electrons. The second-order valence-electron chi connectivity index (χ2n) is 32.6. The number of carbonyl (C=O) groups excluding carboxylic acids is 13. The number of likely N-dealkylation sites (N-methyl/N-ethyl adjacent to an activating group) is 1. The maximum Gasteiger partial charge on any atom is 0.329 e. The summed E-state index contributed by atoms with van der Waals surface area (Å²) in [5.74, 6) is -15.9. The van der Waals surface area contributed by atoms with E-state index in [4.69, 9.17) is 43.7 Å². The molecule has 4 aliphatic rings. The first kappa shape index (κ1) is 111. The molecule has 0 aromatic heterocycles. The Labute approximate surface area is 751 Å². The number of carbonyl (C=O) groups is 13. The highest BCUT2D eigenvalue weighted by Gasteiger charge is 2.52. The number of allylic oxidation sites excluding steroid dienone is 1. The molecule has 4 saturated heterocycles. The van der Waals surface area contributed by atoms with Gasteiger partial charge >= 0.3 is 5.97 Å². The number of esters is 1. The fourth-order valence-corrected chi connectivity index (χ4v) is 14.7. The third-order valence-corrected chi connectivity index (χ3v) is 22.2. The number of aromatic hydroxyl groups is 2.